The van der Waals surface area contributed by atoms with Crippen molar-refractivity contribution in [1.82, 2.24) is 4.98 Å². The van der Waals surface area contributed by atoms with Crippen molar-refractivity contribution in [1.29, 1.82) is 0 Å². The molecule has 0 saturated carbocycles. The van der Waals surface area contributed by atoms with Gasteiger partial charge in [0.05, 0.1) is 16.8 Å². The molecule has 0 radical (unpaired) electrons. The van der Waals surface area contributed by atoms with E-state index >= 15 is 0 Å². The Hall–Kier alpha value is -2.08. The van der Waals surface area contributed by atoms with Crippen LogP contribution < -0.4 is 9.62 Å². The number of rotatable bonds is 4. The van der Waals surface area contributed by atoms with Gasteiger partial charge in [0.15, 0.2) is 0 Å². The monoisotopic (exact) mass is 345 g/mol. The fourth-order valence-electron chi connectivity index (χ4n) is 3.01. The van der Waals surface area contributed by atoms with Gasteiger partial charge >= 0.3 is 0 Å². The molecule has 1 saturated heterocycles. The maximum Gasteiger partial charge on any atom is 0.263 e. The highest BCUT2D eigenvalue weighted by molar-refractivity contribution is 7.92. The molecule has 0 amide bonds. The third-order valence-corrected chi connectivity index (χ3v) is 5.86. The molecule has 2 aromatic rings. The van der Waals surface area contributed by atoms with Crippen LogP contribution in [0.4, 0.5) is 11.5 Å². The van der Waals surface area contributed by atoms with Crippen LogP contribution in [0.2, 0.25) is 0 Å². The molecule has 3 rings (SSSR count). The summed E-state index contributed by atoms with van der Waals surface area (Å²) in [5, 5.41) is 0. The number of nitrogens with one attached hydrogen (secondary N) is 1. The number of benzene rings is 1. The highest BCUT2D eigenvalue weighted by Gasteiger charge is 2.17. The molecule has 1 N–H and O–H groups in total. The van der Waals surface area contributed by atoms with Crippen LogP contribution in [0.1, 0.15) is 31.2 Å². The predicted molar refractivity (Wildman–Crippen MR) is 96.9 cm³/mol. The maximum atomic E-state index is 12.5. The zero-order chi connectivity index (χ0) is 17.0. The fourth-order valence-corrected chi connectivity index (χ4v) is 4.27. The first-order valence-electron chi connectivity index (χ1n) is 8.36. The first-order chi connectivity index (χ1) is 11.6. The van der Waals surface area contributed by atoms with E-state index in [0.717, 1.165) is 18.8 Å². The number of nitrogens with zero attached hydrogens (tertiary/aromatic N) is 2. The van der Waals surface area contributed by atoms with Gasteiger partial charge in [-0.2, -0.15) is 0 Å². The minimum atomic E-state index is -3.61. The Balaban J connectivity index is 1.75. The molecule has 0 atom stereocenters. The Morgan fingerprint density at radius 1 is 1.00 bits per heavy atom. The summed E-state index contributed by atoms with van der Waals surface area (Å²) in [7, 11) is -3.61. The van der Waals surface area contributed by atoms with Gasteiger partial charge in [-0.15, -0.1) is 0 Å². The van der Waals surface area contributed by atoms with Crippen molar-refractivity contribution < 1.29 is 8.42 Å². The number of aryl methyl sites for hydroxylation is 1. The van der Waals surface area contributed by atoms with Crippen LogP contribution in [0, 0.1) is 6.92 Å². The fraction of sp³-hybridized carbons (Fsp3) is 0.389. The van der Waals surface area contributed by atoms with Gasteiger partial charge in [-0.3, -0.25) is 4.72 Å². The molecule has 24 heavy (non-hydrogen) atoms. The van der Waals surface area contributed by atoms with Crippen molar-refractivity contribution >= 4 is 21.5 Å². The summed E-state index contributed by atoms with van der Waals surface area (Å²) in [6, 6.07) is 10.6. The minimum absolute atomic E-state index is 0.281. The predicted octanol–water partition coefficient (Wildman–Crippen LogP) is 3.57. The summed E-state index contributed by atoms with van der Waals surface area (Å²) in [6.07, 6.45) is 6.70. The van der Waals surface area contributed by atoms with E-state index in [1.54, 1.807) is 37.4 Å². The summed E-state index contributed by atoms with van der Waals surface area (Å²) in [5.41, 5.74) is 1.77. The van der Waals surface area contributed by atoms with Crippen molar-refractivity contribution in [3.8, 4) is 0 Å². The molecule has 6 heteroatoms. The smallest absolute Gasteiger partial charge is 0.263 e. The molecule has 128 valence electrons. The first-order valence-corrected chi connectivity index (χ1v) is 9.84. The quantitative estimate of drug-likeness (QED) is 0.920. The second-order valence-corrected chi connectivity index (χ2v) is 7.82. The summed E-state index contributed by atoms with van der Waals surface area (Å²) in [6.45, 7) is 3.86. The topological polar surface area (TPSA) is 62.3 Å². The molecule has 0 unspecified atom stereocenters. The lowest BCUT2D eigenvalue weighted by molar-refractivity contribution is 0.600. The number of hydrogen-bond acceptors (Lipinski definition) is 4. The average molecular weight is 345 g/mol. The molecule has 2 heterocycles. The van der Waals surface area contributed by atoms with Crippen molar-refractivity contribution in [2.24, 2.45) is 0 Å². The van der Waals surface area contributed by atoms with Gasteiger partial charge in [0, 0.05) is 13.1 Å². The van der Waals surface area contributed by atoms with Gasteiger partial charge in [0.25, 0.3) is 10.0 Å². The minimum Gasteiger partial charge on any atom is -0.370 e. The van der Waals surface area contributed by atoms with E-state index in [9.17, 15) is 8.42 Å². The van der Waals surface area contributed by atoms with Crippen LogP contribution in [0.3, 0.4) is 0 Å². The van der Waals surface area contributed by atoms with Crippen LogP contribution in [-0.2, 0) is 10.0 Å². The summed E-state index contributed by atoms with van der Waals surface area (Å²) in [5.74, 6) is 0.344. The molecule has 1 aromatic carbocycles. The summed E-state index contributed by atoms with van der Waals surface area (Å²) >= 11 is 0. The lowest BCUT2D eigenvalue weighted by Gasteiger charge is -2.22. The first kappa shape index (κ1) is 16.8. The number of pyridine rings is 1. The van der Waals surface area contributed by atoms with Gasteiger partial charge < -0.3 is 4.90 Å². The molecule has 0 spiro atoms. The van der Waals surface area contributed by atoms with Crippen molar-refractivity contribution in [3.05, 3.63) is 48.2 Å². The molecule has 0 bridgehead atoms. The Morgan fingerprint density at radius 3 is 2.33 bits per heavy atom. The van der Waals surface area contributed by atoms with Crippen LogP contribution in [0.5, 0.6) is 0 Å². The van der Waals surface area contributed by atoms with E-state index in [-0.39, 0.29) is 4.90 Å². The number of sulfonamides is 1. The molecule has 0 aliphatic carbocycles. The van der Waals surface area contributed by atoms with Crippen LogP contribution in [-0.4, -0.2) is 26.5 Å². The maximum absolute atomic E-state index is 12.5. The Labute approximate surface area is 143 Å². The van der Waals surface area contributed by atoms with Gasteiger partial charge in [0.1, 0.15) is 5.82 Å². The van der Waals surface area contributed by atoms with E-state index in [2.05, 4.69) is 14.6 Å². The number of hydrogen-bond donors (Lipinski definition) is 1. The highest BCUT2D eigenvalue weighted by atomic mass is 32.2. The van der Waals surface area contributed by atoms with Crippen molar-refractivity contribution in [2.45, 2.75) is 37.5 Å². The lowest BCUT2D eigenvalue weighted by atomic mass is 10.2. The van der Waals surface area contributed by atoms with E-state index in [4.69, 9.17) is 0 Å². The molecule has 1 aromatic heterocycles. The van der Waals surface area contributed by atoms with Crippen LogP contribution >= 0.6 is 0 Å². The standard InChI is InChI=1S/C18H23N3O2S/c1-15-8-4-5-9-17(15)24(22,23)20-18-11-10-16(14-19-18)21-12-6-2-3-7-13-21/h4-5,8-11,14H,2-3,6-7,12-13H2,1H3,(H,19,20). The Kier molecular flexibility index (Phi) is 5.04. The zero-order valence-corrected chi connectivity index (χ0v) is 14.7. The number of anilines is 2. The van der Waals surface area contributed by atoms with Crippen LogP contribution in [0.15, 0.2) is 47.5 Å². The van der Waals surface area contributed by atoms with E-state index in [0.29, 0.717) is 11.4 Å². The zero-order valence-electron chi connectivity index (χ0n) is 13.9. The molecule has 5 nitrogen and oxygen atoms in total. The molecule has 1 aliphatic rings. The molecule has 1 aliphatic heterocycles. The lowest BCUT2D eigenvalue weighted by Crippen LogP contribution is -2.24. The average Bonchev–Trinajstić information content (AvgIpc) is 2.85. The highest BCUT2D eigenvalue weighted by Crippen LogP contribution is 2.22. The summed E-state index contributed by atoms with van der Waals surface area (Å²) in [4.78, 5) is 6.89. The third kappa shape index (κ3) is 3.87. The van der Waals surface area contributed by atoms with Crippen molar-refractivity contribution in [3.63, 3.8) is 0 Å². The second kappa shape index (κ2) is 7.21. The van der Waals surface area contributed by atoms with Gasteiger partial charge in [-0.1, -0.05) is 31.0 Å². The third-order valence-electron chi connectivity index (χ3n) is 4.34. The summed E-state index contributed by atoms with van der Waals surface area (Å²) < 4.78 is 27.5. The SMILES string of the molecule is Cc1ccccc1S(=O)(=O)Nc1ccc(N2CCCCCC2)cn1. The Bertz CT molecular complexity index is 780. The van der Waals surface area contributed by atoms with E-state index < -0.39 is 10.0 Å². The second-order valence-electron chi connectivity index (χ2n) is 6.17. The molecular weight excluding hydrogens is 322 g/mol. The van der Waals surface area contributed by atoms with Gasteiger partial charge in [-0.05, 0) is 43.5 Å². The molecule has 1 fully saturated rings. The van der Waals surface area contributed by atoms with E-state index in [1.807, 2.05) is 12.1 Å². The molecular formula is C18H23N3O2S. The van der Waals surface area contributed by atoms with Gasteiger partial charge in [-0.25, -0.2) is 13.4 Å². The Morgan fingerprint density at radius 2 is 1.71 bits per heavy atom. The normalized spacial score (nSPS) is 15.8. The number of aromatic nitrogens is 1. The van der Waals surface area contributed by atoms with Crippen LogP contribution in [0.25, 0.3) is 0 Å². The van der Waals surface area contributed by atoms with Gasteiger partial charge in [0.2, 0.25) is 0 Å². The van der Waals surface area contributed by atoms with E-state index in [1.165, 1.54) is 25.7 Å². The van der Waals surface area contributed by atoms with Crippen molar-refractivity contribution in [2.75, 3.05) is 22.7 Å². The largest absolute Gasteiger partial charge is 0.370 e.